The molecule has 1 aliphatic heterocycles. The molecule has 4 rings (SSSR count). The van der Waals surface area contributed by atoms with Crippen molar-refractivity contribution in [1.29, 1.82) is 0 Å². The number of hydrogen-bond acceptors (Lipinski definition) is 5. The minimum atomic E-state index is -0.795. The number of pyridine rings is 1. The van der Waals surface area contributed by atoms with Crippen molar-refractivity contribution in [2.45, 2.75) is 12.8 Å². The third-order valence-electron chi connectivity index (χ3n) is 5.95. The Hall–Kier alpha value is -3.29. The van der Waals surface area contributed by atoms with E-state index in [4.69, 9.17) is 10.5 Å². The summed E-state index contributed by atoms with van der Waals surface area (Å²) in [5.41, 5.74) is 8.57. The van der Waals surface area contributed by atoms with Crippen LogP contribution in [0, 0.1) is 5.82 Å². The van der Waals surface area contributed by atoms with Crippen molar-refractivity contribution in [2.24, 2.45) is 5.73 Å². The highest BCUT2D eigenvalue weighted by Gasteiger charge is 2.14. The highest BCUT2D eigenvalue weighted by molar-refractivity contribution is 5.95. The van der Waals surface area contributed by atoms with Gasteiger partial charge in [0.2, 0.25) is 5.88 Å². The Balaban J connectivity index is 1.42. The monoisotopic (exact) mass is 448 g/mol. The molecule has 2 N–H and O–H groups in total. The number of benzene rings is 2. The second kappa shape index (κ2) is 10.6. The van der Waals surface area contributed by atoms with E-state index in [9.17, 15) is 9.18 Å². The number of rotatable bonds is 7. The predicted molar refractivity (Wildman–Crippen MR) is 127 cm³/mol. The molecule has 33 heavy (non-hydrogen) atoms. The lowest BCUT2D eigenvalue weighted by Crippen LogP contribution is -2.30. The third kappa shape index (κ3) is 6.15. The van der Waals surface area contributed by atoms with Gasteiger partial charge in [-0.05, 0) is 67.9 Å². The van der Waals surface area contributed by atoms with Crippen LogP contribution in [0.5, 0.6) is 11.6 Å². The van der Waals surface area contributed by atoms with E-state index >= 15 is 0 Å². The molecule has 0 spiro atoms. The molecule has 1 amide bonds. The Morgan fingerprint density at radius 3 is 2.67 bits per heavy atom. The van der Waals surface area contributed by atoms with Gasteiger partial charge in [-0.3, -0.25) is 4.79 Å². The largest absolute Gasteiger partial charge is 0.438 e. The Kier molecular flexibility index (Phi) is 7.32. The summed E-state index contributed by atoms with van der Waals surface area (Å²) in [7, 11) is 2.19. The van der Waals surface area contributed by atoms with Crippen molar-refractivity contribution in [2.75, 3.05) is 39.8 Å². The molecular weight excluding hydrogens is 419 g/mol. The summed E-state index contributed by atoms with van der Waals surface area (Å²) in [5, 5.41) is 0. The minimum absolute atomic E-state index is 0.0175. The Morgan fingerprint density at radius 1 is 1.06 bits per heavy atom. The third-order valence-corrected chi connectivity index (χ3v) is 5.95. The van der Waals surface area contributed by atoms with Crippen molar-refractivity contribution >= 4 is 5.91 Å². The fraction of sp³-hybridized carbons (Fsp3) is 0.308. The van der Waals surface area contributed by atoms with E-state index in [1.54, 1.807) is 6.07 Å². The maximum Gasteiger partial charge on any atom is 0.254 e. The molecule has 0 bridgehead atoms. The number of amides is 1. The topological polar surface area (TPSA) is 71.7 Å². The number of nitrogens with two attached hydrogens (primary N) is 1. The Bertz CT molecular complexity index is 1100. The van der Waals surface area contributed by atoms with Crippen LogP contribution in [-0.4, -0.2) is 60.5 Å². The van der Waals surface area contributed by atoms with Crippen molar-refractivity contribution < 1.29 is 13.9 Å². The number of primary amides is 1. The number of halogens is 1. The van der Waals surface area contributed by atoms with Crippen molar-refractivity contribution in [3.8, 4) is 22.8 Å². The molecule has 7 heteroatoms. The SMILES string of the molecule is CN1CCCN(CCc2ccc(-c3cccc(Oc4ncc(F)cc4C(N)=O)c3)cc2)CC1. The lowest BCUT2D eigenvalue weighted by molar-refractivity contribution is 0.0997. The van der Waals surface area contributed by atoms with Gasteiger partial charge in [-0.1, -0.05) is 36.4 Å². The first-order valence-electron chi connectivity index (χ1n) is 11.2. The van der Waals surface area contributed by atoms with Gasteiger partial charge in [0, 0.05) is 19.6 Å². The molecule has 1 aliphatic rings. The number of hydrogen-bond donors (Lipinski definition) is 1. The number of likely N-dealkylation sites (N-methyl/N-ethyl adjacent to an activating group) is 1. The molecule has 172 valence electrons. The molecule has 0 unspecified atom stereocenters. The van der Waals surface area contributed by atoms with Crippen LogP contribution in [0.1, 0.15) is 22.3 Å². The Morgan fingerprint density at radius 2 is 1.88 bits per heavy atom. The summed E-state index contributed by atoms with van der Waals surface area (Å²) in [4.78, 5) is 20.4. The summed E-state index contributed by atoms with van der Waals surface area (Å²) in [6, 6.07) is 17.0. The molecule has 0 saturated carbocycles. The van der Waals surface area contributed by atoms with Crippen molar-refractivity contribution in [3.05, 3.63) is 77.7 Å². The van der Waals surface area contributed by atoms with E-state index in [0.717, 1.165) is 56.0 Å². The zero-order chi connectivity index (χ0) is 23.2. The number of carbonyl (C=O) groups excluding carboxylic acids is 1. The van der Waals surface area contributed by atoms with E-state index in [2.05, 4.69) is 46.1 Å². The van der Waals surface area contributed by atoms with Gasteiger partial charge in [-0.15, -0.1) is 0 Å². The summed E-state index contributed by atoms with van der Waals surface area (Å²) in [6.07, 6.45) is 3.25. The van der Waals surface area contributed by atoms with Gasteiger partial charge < -0.3 is 20.3 Å². The second-order valence-electron chi connectivity index (χ2n) is 8.45. The molecule has 6 nitrogen and oxygen atoms in total. The number of carbonyl (C=O) groups is 1. The van der Waals surface area contributed by atoms with Crippen LogP contribution in [-0.2, 0) is 6.42 Å². The fourth-order valence-electron chi connectivity index (χ4n) is 4.01. The normalized spacial score (nSPS) is 15.2. The molecule has 3 aromatic rings. The maximum atomic E-state index is 13.4. The van der Waals surface area contributed by atoms with E-state index in [1.165, 1.54) is 18.5 Å². The zero-order valence-corrected chi connectivity index (χ0v) is 18.8. The summed E-state index contributed by atoms with van der Waals surface area (Å²) >= 11 is 0. The smallest absolute Gasteiger partial charge is 0.254 e. The van der Waals surface area contributed by atoms with Gasteiger partial charge in [-0.2, -0.15) is 0 Å². The first kappa shape index (κ1) is 22.9. The van der Waals surface area contributed by atoms with E-state index in [-0.39, 0.29) is 11.4 Å². The minimum Gasteiger partial charge on any atom is -0.438 e. The quantitative estimate of drug-likeness (QED) is 0.592. The first-order valence-corrected chi connectivity index (χ1v) is 11.2. The van der Waals surface area contributed by atoms with Crippen LogP contribution in [0.3, 0.4) is 0 Å². The van der Waals surface area contributed by atoms with Crippen LogP contribution in [0.15, 0.2) is 60.8 Å². The van der Waals surface area contributed by atoms with Gasteiger partial charge in [0.1, 0.15) is 17.1 Å². The summed E-state index contributed by atoms with van der Waals surface area (Å²) in [6.45, 7) is 5.67. The number of ether oxygens (including phenoxy) is 1. The predicted octanol–water partition coefficient (Wildman–Crippen LogP) is 3.96. The number of nitrogens with zero attached hydrogens (tertiary/aromatic N) is 3. The number of aromatic nitrogens is 1. The van der Waals surface area contributed by atoms with Crippen LogP contribution in [0.2, 0.25) is 0 Å². The molecule has 1 aromatic heterocycles. The van der Waals surface area contributed by atoms with Crippen LogP contribution < -0.4 is 10.5 Å². The zero-order valence-electron chi connectivity index (χ0n) is 18.8. The standard InChI is InChI=1S/C26H29FN4O2/c1-30-11-3-12-31(15-14-30)13-10-19-6-8-20(9-7-19)21-4-2-5-23(16-21)33-26-24(25(28)32)17-22(27)18-29-26/h2,4-9,16-18H,3,10-15H2,1H3,(H2,28,32). The van der Waals surface area contributed by atoms with Gasteiger partial charge in [-0.25, -0.2) is 9.37 Å². The molecule has 2 aromatic carbocycles. The van der Waals surface area contributed by atoms with Crippen LogP contribution in [0.4, 0.5) is 4.39 Å². The first-order chi connectivity index (χ1) is 16.0. The molecule has 0 aliphatic carbocycles. The molecule has 0 radical (unpaired) electrons. The second-order valence-corrected chi connectivity index (χ2v) is 8.45. The fourth-order valence-corrected chi connectivity index (χ4v) is 4.01. The molecule has 0 atom stereocenters. The van der Waals surface area contributed by atoms with Gasteiger partial charge in [0.15, 0.2) is 0 Å². The highest BCUT2D eigenvalue weighted by Crippen LogP contribution is 2.28. The molecule has 1 saturated heterocycles. The lowest BCUT2D eigenvalue weighted by atomic mass is 10.0. The Labute approximate surface area is 193 Å². The summed E-state index contributed by atoms with van der Waals surface area (Å²) in [5.74, 6) is -0.968. The lowest BCUT2D eigenvalue weighted by Gasteiger charge is -2.20. The van der Waals surface area contributed by atoms with Crippen LogP contribution >= 0.6 is 0 Å². The van der Waals surface area contributed by atoms with E-state index < -0.39 is 11.7 Å². The van der Waals surface area contributed by atoms with Crippen molar-refractivity contribution in [1.82, 2.24) is 14.8 Å². The summed E-state index contributed by atoms with van der Waals surface area (Å²) < 4.78 is 19.2. The average molecular weight is 449 g/mol. The maximum absolute atomic E-state index is 13.4. The molecular formula is C26H29FN4O2. The van der Waals surface area contributed by atoms with E-state index in [0.29, 0.717) is 5.75 Å². The highest BCUT2D eigenvalue weighted by atomic mass is 19.1. The molecule has 1 fully saturated rings. The van der Waals surface area contributed by atoms with Crippen molar-refractivity contribution in [3.63, 3.8) is 0 Å². The van der Waals surface area contributed by atoms with Gasteiger partial charge in [0.05, 0.1) is 6.20 Å². The average Bonchev–Trinajstić information content (AvgIpc) is 3.03. The van der Waals surface area contributed by atoms with Gasteiger partial charge in [0.25, 0.3) is 5.91 Å². The van der Waals surface area contributed by atoms with E-state index in [1.807, 2.05) is 18.2 Å². The van der Waals surface area contributed by atoms with Crippen LogP contribution in [0.25, 0.3) is 11.1 Å². The van der Waals surface area contributed by atoms with Gasteiger partial charge >= 0.3 is 0 Å². The molecule has 2 heterocycles.